The summed E-state index contributed by atoms with van der Waals surface area (Å²) in [4.78, 5) is 7.32. The molecule has 0 amide bonds. The third-order valence-corrected chi connectivity index (χ3v) is 3.17. The van der Waals surface area contributed by atoms with E-state index in [9.17, 15) is 0 Å². The lowest BCUT2D eigenvalue weighted by Gasteiger charge is -2.04. The van der Waals surface area contributed by atoms with Crippen molar-refractivity contribution in [3.05, 3.63) is 12.4 Å². The lowest BCUT2D eigenvalue weighted by Crippen LogP contribution is -2.07. The van der Waals surface area contributed by atoms with Crippen LogP contribution in [-0.2, 0) is 0 Å². The summed E-state index contributed by atoms with van der Waals surface area (Å²) in [6.07, 6.45) is 3.59. The van der Waals surface area contributed by atoms with Gasteiger partial charge < -0.3 is 9.64 Å². The van der Waals surface area contributed by atoms with Gasteiger partial charge >= 0.3 is 0 Å². The van der Waals surface area contributed by atoms with E-state index in [-0.39, 0.29) is 0 Å². The first-order valence-corrected chi connectivity index (χ1v) is 5.25. The van der Waals surface area contributed by atoms with Crippen LogP contribution in [-0.4, -0.2) is 36.4 Å². The minimum Gasteiger partial charge on any atom is -0.480 e. The molecular formula is C9H12N4OS. The maximum atomic E-state index is 5.23. The molecule has 2 heterocycles. The number of hydrogen-bond acceptors (Lipinski definition) is 5. The van der Waals surface area contributed by atoms with E-state index in [0.717, 1.165) is 15.6 Å². The number of aromatic nitrogens is 3. The Morgan fingerprint density at radius 1 is 1.47 bits per heavy atom. The van der Waals surface area contributed by atoms with Gasteiger partial charge in [0.05, 0.1) is 13.3 Å². The molecule has 0 aliphatic carbocycles. The lowest BCUT2D eigenvalue weighted by molar-refractivity contribution is 0.402. The predicted octanol–water partition coefficient (Wildman–Crippen LogP) is 1.61. The molecule has 0 radical (unpaired) electrons. The quantitative estimate of drug-likeness (QED) is 0.860. The van der Waals surface area contributed by atoms with Gasteiger partial charge in [0, 0.05) is 25.9 Å². The van der Waals surface area contributed by atoms with Gasteiger partial charge in [-0.05, 0) is 0 Å². The first-order valence-electron chi connectivity index (χ1n) is 4.43. The van der Waals surface area contributed by atoms with Gasteiger partial charge in [0.1, 0.15) is 4.88 Å². The molecule has 2 aromatic rings. The number of methoxy groups -OCH3 is 1. The van der Waals surface area contributed by atoms with Gasteiger partial charge in [0.25, 0.3) is 0 Å². The minimum absolute atomic E-state index is 0.644. The van der Waals surface area contributed by atoms with Crippen molar-refractivity contribution in [3.8, 4) is 16.3 Å². The summed E-state index contributed by atoms with van der Waals surface area (Å²) < 4.78 is 5.23. The molecule has 0 atom stereocenters. The molecule has 0 saturated carbocycles. The summed E-state index contributed by atoms with van der Waals surface area (Å²) in [7, 11) is 5.53. The van der Waals surface area contributed by atoms with E-state index in [4.69, 9.17) is 4.74 Å². The Bertz CT molecular complexity index is 435. The van der Waals surface area contributed by atoms with Crippen molar-refractivity contribution in [1.29, 1.82) is 0 Å². The summed E-state index contributed by atoms with van der Waals surface area (Å²) in [5.74, 6) is 0.644. The van der Waals surface area contributed by atoms with E-state index in [2.05, 4.69) is 15.2 Å². The predicted molar refractivity (Wildman–Crippen MR) is 60.6 cm³/mol. The topological polar surface area (TPSA) is 54.0 Å². The van der Waals surface area contributed by atoms with Crippen LogP contribution in [0.15, 0.2) is 12.4 Å². The highest BCUT2D eigenvalue weighted by Crippen LogP contribution is 2.38. The molecule has 15 heavy (non-hydrogen) atoms. The molecule has 0 aliphatic heterocycles. The number of nitrogens with one attached hydrogen (secondary N) is 1. The number of H-pyrrole nitrogens is 1. The summed E-state index contributed by atoms with van der Waals surface area (Å²) in [5, 5.41) is 7.61. The van der Waals surface area contributed by atoms with Crippen LogP contribution in [0.25, 0.3) is 10.4 Å². The molecule has 0 bridgehead atoms. The highest BCUT2D eigenvalue weighted by atomic mass is 32.1. The minimum atomic E-state index is 0.644. The van der Waals surface area contributed by atoms with Gasteiger partial charge in [0.2, 0.25) is 5.88 Å². The van der Waals surface area contributed by atoms with E-state index in [1.807, 2.05) is 25.2 Å². The smallest absolute Gasteiger partial charge is 0.234 e. The van der Waals surface area contributed by atoms with E-state index < -0.39 is 0 Å². The zero-order chi connectivity index (χ0) is 10.8. The van der Waals surface area contributed by atoms with Gasteiger partial charge in [-0.1, -0.05) is 11.3 Å². The maximum Gasteiger partial charge on any atom is 0.234 e. The van der Waals surface area contributed by atoms with Gasteiger partial charge in [-0.3, -0.25) is 5.10 Å². The Kier molecular flexibility index (Phi) is 2.59. The van der Waals surface area contributed by atoms with Crippen molar-refractivity contribution in [2.75, 3.05) is 26.1 Å². The van der Waals surface area contributed by atoms with Crippen LogP contribution in [0.4, 0.5) is 5.13 Å². The van der Waals surface area contributed by atoms with Gasteiger partial charge in [-0.15, -0.1) is 0 Å². The van der Waals surface area contributed by atoms with Crippen LogP contribution in [0.2, 0.25) is 0 Å². The molecule has 0 saturated heterocycles. The molecule has 0 unspecified atom stereocenters. The van der Waals surface area contributed by atoms with Crippen LogP contribution in [0.3, 0.4) is 0 Å². The Labute approximate surface area is 91.7 Å². The van der Waals surface area contributed by atoms with Crippen molar-refractivity contribution in [3.63, 3.8) is 0 Å². The fourth-order valence-corrected chi connectivity index (χ4v) is 2.12. The Balaban J connectivity index is 2.46. The molecule has 6 heteroatoms. The van der Waals surface area contributed by atoms with Crippen LogP contribution in [0.1, 0.15) is 0 Å². The van der Waals surface area contributed by atoms with Gasteiger partial charge in [-0.25, -0.2) is 0 Å². The van der Waals surface area contributed by atoms with E-state index >= 15 is 0 Å². The second-order valence-corrected chi connectivity index (χ2v) is 4.19. The summed E-state index contributed by atoms with van der Waals surface area (Å²) >= 11 is 1.58. The van der Waals surface area contributed by atoms with Crippen molar-refractivity contribution in [1.82, 2.24) is 15.2 Å². The number of rotatable bonds is 3. The van der Waals surface area contributed by atoms with Crippen molar-refractivity contribution >= 4 is 16.5 Å². The first kappa shape index (κ1) is 9.97. The van der Waals surface area contributed by atoms with E-state index in [1.54, 1.807) is 24.6 Å². The van der Waals surface area contributed by atoms with Crippen LogP contribution in [0, 0.1) is 0 Å². The number of hydrogen-bond donors (Lipinski definition) is 1. The molecule has 1 N–H and O–H groups in total. The number of aromatic amines is 1. The second kappa shape index (κ2) is 3.90. The zero-order valence-electron chi connectivity index (χ0n) is 8.81. The van der Waals surface area contributed by atoms with Crippen molar-refractivity contribution in [2.45, 2.75) is 0 Å². The number of nitrogens with zero attached hydrogens (tertiary/aromatic N) is 3. The molecular weight excluding hydrogens is 212 g/mol. The van der Waals surface area contributed by atoms with E-state index in [1.165, 1.54) is 0 Å². The van der Waals surface area contributed by atoms with Crippen LogP contribution in [0.5, 0.6) is 5.88 Å². The summed E-state index contributed by atoms with van der Waals surface area (Å²) in [6, 6.07) is 0. The fourth-order valence-electron chi connectivity index (χ4n) is 1.18. The molecule has 0 aliphatic rings. The second-order valence-electron chi connectivity index (χ2n) is 3.22. The maximum absolute atomic E-state index is 5.23. The molecule has 0 aromatic carbocycles. The Morgan fingerprint density at radius 2 is 2.27 bits per heavy atom. The highest BCUT2D eigenvalue weighted by molar-refractivity contribution is 7.19. The summed E-state index contributed by atoms with van der Waals surface area (Å²) in [5.41, 5.74) is 0.998. The standard InChI is InChI=1S/C9H12N4OS/c1-13(2)9-12-8(14-3)7(15-9)6-4-10-11-5-6/h4-5H,1-3H3,(H,10,11). The average Bonchev–Trinajstić information content (AvgIpc) is 2.86. The van der Waals surface area contributed by atoms with Gasteiger partial charge in [-0.2, -0.15) is 10.1 Å². The fraction of sp³-hybridized carbons (Fsp3) is 0.333. The normalized spacial score (nSPS) is 10.3. The van der Waals surface area contributed by atoms with Crippen molar-refractivity contribution < 1.29 is 4.74 Å². The Morgan fingerprint density at radius 3 is 2.80 bits per heavy atom. The molecule has 0 fully saturated rings. The lowest BCUT2D eigenvalue weighted by atomic mass is 10.3. The molecule has 2 rings (SSSR count). The molecule has 0 spiro atoms. The monoisotopic (exact) mass is 224 g/mol. The highest BCUT2D eigenvalue weighted by Gasteiger charge is 2.15. The number of ether oxygens (including phenoxy) is 1. The van der Waals surface area contributed by atoms with E-state index in [0.29, 0.717) is 5.88 Å². The summed E-state index contributed by atoms with van der Waals surface area (Å²) in [6.45, 7) is 0. The van der Waals surface area contributed by atoms with Crippen LogP contribution < -0.4 is 9.64 Å². The molecule has 5 nitrogen and oxygen atoms in total. The largest absolute Gasteiger partial charge is 0.480 e. The number of anilines is 1. The van der Waals surface area contributed by atoms with Gasteiger partial charge in [0.15, 0.2) is 5.13 Å². The average molecular weight is 224 g/mol. The van der Waals surface area contributed by atoms with Crippen molar-refractivity contribution in [2.24, 2.45) is 0 Å². The SMILES string of the molecule is COc1nc(N(C)C)sc1-c1cn[nH]c1. The van der Waals surface area contributed by atoms with Crippen LogP contribution >= 0.6 is 11.3 Å². The molecule has 2 aromatic heterocycles. The Hall–Kier alpha value is -1.56. The molecule has 80 valence electrons. The third kappa shape index (κ3) is 1.80. The third-order valence-electron chi connectivity index (χ3n) is 1.92. The number of thiazole rings is 1. The first-order chi connectivity index (χ1) is 7.22. The zero-order valence-corrected chi connectivity index (χ0v) is 9.63.